The van der Waals surface area contributed by atoms with E-state index in [-0.39, 0.29) is 53.5 Å². The second-order valence-electron chi connectivity index (χ2n) is 13.1. The van der Waals surface area contributed by atoms with Crippen LogP contribution in [0.4, 0.5) is 0 Å². The van der Waals surface area contributed by atoms with E-state index in [0.717, 1.165) is 32.1 Å². The Kier molecular flexibility index (Phi) is 11.6. The van der Waals surface area contributed by atoms with Gasteiger partial charge in [0.1, 0.15) is 11.9 Å². The van der Waals surface area contributed by atoms with Gasteiger partial charge in [-0.2, -0.15) is 0 Å². The van der Waals surface area contributed by atoms with Crippen LogP contribution in [0.3, 0.4) is 0 Å². The molecule has 0 aromatic heterocycles. The van der Waals surface area contributed by atoms with E-state index in [1.165, 1.54) is 7.11 Å². The number of hydrogen-bond donors (Lipinski definition) is 0. The molecule has 0 heterocycles. The number of carbonyl (C=O) groups excluding carboxylic acids is 3. The van der Waals surface area contributed by atoms with Gasteiger partial charge in [0, 0.05) is 18.8 Å². The predicted molar refractivity (Wildman–Crippen MR) is 150 cm³/mol. The van der Waals surface area contributed by atoms with Gasteiger partial charge in [-0.05, 0) is 68.0 Å². The smallest absolute Gasteiger partial charge is 0.308 e. The van der Waals surface area contributed by atoms with Crippen LogP contribution in [0.2, 0.25) is 18.1 Å². The summed E-state index contributed by atoms with van der Waals surface area (Å²) in [5.74, 6) is 1.04. The maximum Gasteiger partial charge on any atom is 0.308 e. The molecule has 37 heavy (non-hydrogen) atoms. The zero-order chi connectivity index (χ0) is 28.0. The Morgan fingerprint density at radius 2 is 1.78 bits per heavy atom. The molecule has 0 radical (unpaired) electrons. The number of methoxy groups -OCH3 is 1. The number of carbonyl (C=O) groups is 3. The number of rotatable bonds is 12. The third kappa shape index (κ3) is 9.05. The largest absolute Gasteiger partial charge is 0.469 e. The number of hydrogen-bond acceptors (Lipinski definition) is 6. The van der Waals surface area contributed by atoms with E-state index in [4.69, 9.17) is 13.9 Å². The van der Waals surface area contributed by atoms with Gasteiger partial charge < -0.3 is 13.9 Å². The van der Waals surface area contributed by atoms with Crippen LogP contribution in [0.25, 0.3) is 0 Å². The molecule has 212 valence electrons. The molecule has 2 aliphatic rings. The second kappa shape index (κ2) is 13.5. The van der Waals surface area contributed by atoms with E-state index in [1.807, 2.05) is 13.8 Å². The maximum atomic E-state index is 13.2. The molecule has 2 rings (SSSR count). The predicted octanol–water partition coefficient (Wildman–Crippen LogP) is 6.88. The molecule has 7 heteroatoms. The van der Waals surface area contributed by atoms with Crippen molar-refractivity contribution < 1.29 is 28.3 Å². The molecule has 0 spiro atoms. The highest BCUT2D eigenvalue weighted by Crippen LogP contribution is 2.46. The zero-order valence-electron chi connectivity index (χ0n) is 24.8. The first-order valence-corrected chi connectivity index (χ1v) is 17.2. The van der Waals surface area contributed by atoms with Crippen molar-refractivity contribution in [2.75, 3.05) is 7.11 Å². The summed E-state index contributed by atoms with van der Waals surface area (Å²) in [4.78, 5) is 37.9. The topological polar surface area (TPSA) is 78.9 Å². The zero-order valence-corrected chi connectivity index (χ0v) is 25.8. The van der Waals surface area contributed by atoms with Crippen LogP contribution < -0.4 is 0 Å². The standard InChI is InChI=1S/C30H52O6Si/c1-10-21(3)29(33)35-26-17-20(2)16-23-13-11-12-22(28(23)26)14-15-24(31)18-25(19-27(32)34-7)36-37(8,9)30(4,5)6/h11,13,20-23,25-26,28H,10,12,14-19H2,1-9H3/t20-,21-,22+,23-,25+,26-,28+/m0/s1. The molecule has 0 saturated heterocycles. The number of ketones is 1. The van der Waals surface area contributed by atoms with Gasteiger partial charge in [0.15, 0.2) is 8.32 Å². The molecule has 6 nitrogen and oxygen atoms in total. The quantitative estimate of drug-likeness (QED) is 0.154. The molecule has 1 fully saturated rings. The molecule has 0 aromatic rings. The van der Waals surface area contributed by atoms with Crippen LogP contribution in [-0.2, 0) is 28.3 Å². The van der Waals surface area contributed by atoms with E-state index in [1.54, 1.807) is 0 Å². The summed E-state index contributed by atoms with van der Waals surface area (Å²) in [5, 5.41) is -0.0201. The second-order valence-corrected chi connectivity index (χ2v) is 17.8. The number of allylic oxidation sites excluding steroid dienone is 2. The van der Waals surface area contributed by atoms with Gasteiger partial charge in [-0.1, -0.05) is 53.7 Å². The molecular weight excluding hydrogens is 484 g/mol. The monoisotopic (exact) mass is 536 g/mol. The van der Waals surface area contributed by atoms with Gasteiger partial charge in [-0.15, -0.1) is 0 Å². The van der Waals surface area contributed by atoms with Crippen molar-refractivity contribution in [2.24, 2.45) is 29.6 Å². The van der Waals surface area contributed by atoms with Crippen molar-refractivity contribution in [1.29, 1.82) is 0 Å². The summed E-state index contributed by atoms with van der Waals surface area (Å²) in [6.07, 6.45) is 9.22. The molecule has 0 aromatic carbocycles. The van der Waals surface area contributed by atoms with Crippen LogP contribution in [-0.4, -0.2) is 45.4 Å². The fourth-order valence-corrected chi connectivity index (χ4v) is 6.94. The van der Waals surface area contributed by atoms with Crippen LogP contribution in [0.15, 0.2) is 12.2 Å². The van der Waals surface area contributed by atoms with Gasteiger partial charge in [0.25, 0.3) is 0 Å². The van der Waals surface area contributed by atoms with E-state index in [9.17, 15) is 14.4 Å². The normalized spacial score (nSPS) is 27.6. The Hall–Kier alpha value is -1.47. The third-order valence-electron chi connectivity index (χ3n) is 9.02. The van der Waals surface area contributed by atoms with Gasteiger partial charge in [0.2, 0.25) is 0 Å². The lowest BCUT2D eigenvalue weighted by atomic mass is 9.63. The van der Waals surface area contributed by atoms with E-state index >= 15 is 0 Å². The van der Waals surface area contributed by atoms with Crippen molar-refractivity contribution in [1.82, 2.24) is 0 Å². The van der Waals surface area contributed by atoms with Crippen molar-refractivity contribution in [3.05, 3.63) is 12.2 Å². The molecule has 1 saturated carbocycles. The van der Waals surface area contributed by atoms with E-state index in [2.05, 4.69) is 52.9 Å². The summed E-state index contributed by atoms with van der Waals surface area (Å²) in [6.45, 7) is 16.9. The van der Waals surface area contributed by atoms with Crippen molar-refractivity contribution in [3.8, 4) is 0 Å². The summed E-state index contributed by atoms with van der Waals surface area (Å²) in [6, 6.07) is 0. The summed E-state index contributed by atoms with van der Waals surface area (Å²) < 4.78 is 17.5. The number of esters is 2. The Morgan fingerprint density at radius 3 is 2.38 bits per heavy atom. The van der Waals surface area contributed by atoms with Crippen LogP contribution in [0, 0.1) is 29.6 Å². The average molecular weight is 537 g/mol. The molecule has 0 amide bonds. The summed E-state index contributed by atoms with van der Waals surface area (Å²) in [5.41, 5.74) is 0. The fourth-order valence-electron chi connectivity index (χ4n) is 5.58. The molecule has 2 aliphatic carbocycles. The minimum absolute atomic E-state index is 0.0201. The Balaban J connectivity index is 2.07. The minimum Gasteiger partial charge on any atom is -0.469 e. The van der Waals surface area contributed by atoms with Crippen molar-refractivity contribution in [2.45, 2.75) is 123 Å². The molecule has 0 unspecified atom stereocenters. The van der Waals surface area contributed by atoms with E-state index in [0.29, 0.717) is 24.2 Å². The molecule has 0 aliphatic heterocycles. The van der Waals surface area contributed by atoms with E-state index < -0.39 is 14.4 Å². The van der Waals surface area contributed by atoms with Gasteiger partial charge in [-0.25, -0.2) is 0 Å². The van der Waals surface area contributed by atoms with Crippen LogP contribution in [0.5, 0.6) is 0 Å². The van der Waals surface area contributed by atoms with Crippen molar-refractivity contribution in [3.63, 3.8) is 0 Å². The SMILES string of the molecule is CC[C@H](C)C(=O)O[C@H]1C[C@@H](C)C[C@@H]2C=CC[C@H](CCC(=O)C[C@H](CC(=O)OC)O[Si](C)(C)C(C)(C)C)[C@@H]12. The maximum absolute atomic E-state index is 13.2. The highest BCUT2D eigenvalue weighted by atomic mass is 28.4. The lowest BCUT2D eigenvalue weighted by Gasteiger charge is -2.45. The summed E-state index contributed by atoms with van der Waals surface area (Å²) >= 11 is 0. The number of fused-ring (bicyclic) bond motifs is 1. The van der Waals surface area contributed by atoms with Crippen LogP contribution in [0.1, 0.15) is 92.9 Å². The Morgan fingerprint density at radius 1 is 1.11 bits per heavy atom. The minimum atomic E-state index is -2.15. The van der Waals surface area contributed by atoms with Gasteiger partial charge in [0.05, 0.1) is 25.6 Å². The fraction of sp³-hybridized carbons (Fsp3) is 0.833. The molecule has 0 N–H and O–H groups in total. The van der Waals surface area contributed by atoms with Gasteiger partial charge >= 0.3 is 11.9 Å². The van der Waals surface area contributed by atoms with Crippen molar-refractivity contribution >= 4 is 26.0 Å². The molecule has 0 bridgehead atoms. The first-order valence-electron chi connectivity index (χ1n) is 14.3. The average Bonchev–Trinajstić information content (AvgIpc) is 2.80. The first-order chi connectivity index (χ1) is 17.2. The Bertz CT molecular complexity index is 813. The lowest BCUT2D eigenvalue weighted by Crippen LogP contribution is -2.45. The number of Topliss-reactive ketones (excluding diaryl/α,β-unsaturated/α-hetero) is 1. The highest BCUT2D eigenvalue weighted by molar-refractivity contribution is 6.74. The Labute approximate surface area is 226 Å². The summed E-state index contributed by atoms with van der Waals surface area (Å²) in [7, 11) is -0.783. The lowest BCUT2D eigenvalue weighted by molar-refractivity contribution is -0.163. The van der Waals surface area contributed by atoms with Crippen LogP contribution >= 0.6 is 0 Å². The number of ether oxygens (including phenoxy) is 2. The highest BCUT2D eigenvalue weighted by Gasteiger charge is 2.44. The molecular formula is C30H52O6Si. The first kappa shape index (κ1) is 31.7. The molecule has 7 atom stereocenters. The van der Waals surface area contributed by atoms with Gasteiger partial charge in [-0.3, -0.25) is 14.4 Å². The third-order valence-corrected chi connectivity index (χ3v) is 13.6.